The molecule has 1 atom stereocenters. The summed E-state index contributed by atoms with van der Waals surface area (Å²) in [4.78, 5) is 18.9. The first kappa shape index (κ1) is 15.4. The predicted molar refractivity (Wildman–Crippen MR) is 97.7 cm³/mol. The van der Waals surface area contributed by atoms with Crippen molar-refractivity contribution in [1.82, 2.24) is 14.5 Å². The van der Waals surface area contributed by atoms with Crippen LogP contribution in [0.15, 0.2) is 67.3 Å². The van der Waals surface area contributed by atoms with E-state index in [1.807, 2.05) is 52.1 Å². The Kier molecular flexibility index (Phi) is 3.98. The summed E-state index contributed by atoms with van der Waals surface area (Å²) in [5.41, 5.74) is 3.75. The number of imidazole rings is 1. The largest absolute Gasteiger partial charge is 0.361 e. The van der Waals surface area contributed by atoms with Crippen molar-refractivity contribution in [2.75, 3.05) is 11.9 Å². The fourth-order valence-corrected chi connectivity index (χ4v) is 3.27. The van der Waals surface area contributed by atoms with Crippen molar-refractivity contribution in [2.24, 2.45) is 0 Å². The minimum Gasteiger partial charge on any atom is -0.361 e. The number of amides is 1. The summed E-state index contributed by atoms with van der Waals surface area (Å²) in [6, 6.07) is 15.9. The second-order valence-corrected chi connectivity index (χ2v) is 6.15. The molecule has 1 N–H and O–H groups in total. The highest BCUT2D eigenvalue weighted by atomic mass is 16.2. The number of hydrogen-bond acceptors (Lipinski definition) is 3. The van der Waals surface area contributed by atoms with Crippen molar-refractivity contribution >= 4 is 11.6 Å². The summed E-state index contributed by atoms with van der Waals surface area (Å²) >= 11 is 0. The van der Waals surface area contributed by atoms with Crippen molar-refractivity contribution < 1.29 is 4.79 Å². The summed E-state index contributed by atoms with van der Waals surface area (Å²) in [6.45, 7) is 2.81. The van der Waals surface area contributed by atoms with Crippen molar-refractivity contribution in [3.05, 3.63) is 78.4 Å². The third kappa shape index (κ3) is 2.78. The Bertz CT molecular complexity index is 871. The first-order valence-electron chi connectivity index (χ1n) is 8.53. The van der Waals surface area contributed by atoms with Gasteiger partial charge in [0, 0.05) is 30.3 Å². The topological polar surface area (TPSA) is 50.2 Å². The molecule has 0 radical (unpaired) electrons. The SMILES string of the molecule is CCCN1C(=O)c2ccccc2NC1c1ccc(-n2ccnc2)cc1. The van der Waals surface area contributed by atoms with E-state index in [0.717, 1.165) is 28.9 Å². The van der Waals surface area contributed by atoms with Gasteiger partial charge in [0.25, 0.3) is 5.91 Å². The number of carbonyl (C=O) groups excluding carboxylic acids is 1. The van der Waals surface area contributed by atoms with Gasteiger partial charge in [-0.15, -0.1) is 0 Å². The molecule has 0 fully saturated rings. The average molecular weight is 332 g/mol. The fraction of sp³-hybridized carbons (Fsp3) is 0.200. The molecular weight excluding hydrogens is 312 g/mol. The van der Waals surface area contributed by atoms with Crippen LogP contribution in [0.1, 0.15) is 35.4 Å². The minimum absolute atomic E-state index is 0.0832. The van der Waals surface area contributed by atoms with Crippen LogP contribution in [0, 0.1) is 0 Å². The molecule has 5 heteroatoms. The van der Waals surface area contributed by atoms with Gasteiger partial charge >= 0.3 is 0 Å². The summed E-state index contributed by atoms with van der Waals surface area (Å²) in [5, 5.41) is 3.52. The quantitative estimate of drug-likeness (QED) is 0.789. The Morgan fingerprint density at radius 1 is 1.12 bits per heavy atom. The molecule has 0 saturated carbocycles. The third-order valence-corrected chi connectivity index (χ3v) is 4.50. The van der Waals surface area contributed by atoms with Crippen LogP contribution in [0.4, 0.5) is 5.69 Å². The van der Waals surface area contributed by atoms with Crippen LogP contribution in [0.5, 0.6) is 0 Å². The highest BCUT2D eigenvalue weighted by Crippen LogP contribution is 2.33. The second-order valence-electron chi connectivity index (χ2n) is 6.15. The molecule has 5 nitrogen and oxygen atoms in total. The van der Waals surface area contributed by atoms with Crippen molar-refractivity contribution in [3.8, 4) is 5.69 Å². The molecule has 1 unspecified atom stereocenters. The van der Waals surface area contributed by atoms with E-state index in [2.05, 4.69) is 29.4 Å². The van der Waals surface area contributed by atoms with Gasteiger partial charge in [-0.05, 0) is 36.2 Å². The molecule has 0 saturated heterocycles. The average Bonchev–Trinajstić information content (AvgIpc) is 3.19. The van der Waals surface area contributed by atoms with Crippen LogP contribution in [0.25, 0.3) is 5.69 Å². The van der Waals surface area contributed by atoms with Crippen molar-refractivity contribution in [2.45, 2.75) is 19.5 Å². The van der Waals surface area contributed by atoms with E-state index in [-0.39, 0.29) is 12.1 Å². The zero-order chi connectivity index (χ0) is 17.2. The number of carbonyl (C=O) groups is 1. The number of aromatic nitrogens is 2. The van der Waals surface area contributed by atoms with E-state index in [0.29, 0.717) is 6.54 Å². The molecule has 4 rings (SSSR count). The Morgan fingerprint density at radius 3 is 2.64 bits per heavy atom. The lowest BCUT2D eigenvalue weighted by Gasteiger charge is -2.38. The second kappa shape index (κ2) is 6.43. The van der Waals surface area contributed by atoms with Gasteiger partial charge < -0.3 is 14.8 Å². The monoisotopic (exact) mass is 332 g/mol. The smallest absolute Gasteiger partial charge is 0.257 e. The lowest BCUT2D eigenvalue weighted by molar-refractivity contribution is 0.0683. The van der Waals surface area contributed by atoms with E-state index >= 15 is 0 Å². The van der Waals surface area contributed by atoms with Crippen LogP contribution in [-0.4, -0.2) is 26.9 Å². The van der Waals surface area contributed by atoms with E-state index in [9.17, 15) is 4.79 Å². The molecule has 1 aromatic heterocycles. The number of fused-ring (bicyclic) bond motifs is 1. The zero-order valence-electron chi connectivity index (χ0n) is 14.1. The molecular formula is C20H20N4O. The molecule has 25 heavy (non-hydrogen) atoms. The number of anilines is 1. The maximum atomic E-state index is 12.9. The first-order valence-corrected chi connectivity index (χ1v) is 8.53. The van der Waals surface area contributed by atoms with Gasteiger partial charge in [0.15, 0.2) is 0 Å². The van der Waals surface area contributed by atoms with Crippen molar-refractivity contribution in [1.29, 1.82) is 0 Å². The number of nitrogens with zero attached hydrogens (tertiary/aromatic N) is 3. The number of benzene rings is 2. The van der Waals surface area contributed by atoms with Crippen LogP contribution in [-0.2, 0) is 0 Å². The van der Waals surface area contributed by atoms with E-state index < -0.39 is 0 Å². The first-order chi connectivity index (χ1) is 12.3. The maximum Gasteiger partial charge on any atom is 0.257 e. The molecule has 3 aromatic rings. The number of nitrogens with one attached hydrogen (secondary N) is 1. The Hall–Kier alpha value is -3.08. The molecule has 2 heterocycles. The molecule has 0 aliphatic carbocycles. The molecule has 0 spiro atoms. The van der Waals surface area contributed by atoms with Gasteiger partial charge in [-0.1, -0.05) is 31.2 Å². The molecule has 0 bridgehead atoms. The Morgan fingerprint density at radius 2 is 1.92 bits per heavy atom. The predicted octanol–water partition coefficient (Wildman–Crippen LogP) is 3.85. The fourth-order valence-electron chi connectivity index (χ4n) is 3.27. The van der Waals surface area contributed by atoms with Gasteiger partial charge in [0.2, 0.25) is 0 Å². The summed E-state index contributed by atoms with van der Waals surface area (Å²) < 4.78 is 1.96. The van der Waals surface area contributed by atoms with Crippen molar-refractivity contribution in [3.63, 3.8) is 0 Å². The van der Waals surface area contributed by atoms with Crippen LogP contribution < -0.4 is 5.32 Å². The minimum atomic E-state index is -0.154. The Balaban J connectivity index is 1.69. The standard InChI is InChI=1S/C20H20N4O/c1-2-12-24-19(22-18-6-4-3-5-17(18)20(24)25)15-7-9-16(10-8-15)23-13-11-21-14-23/h3-11,13-14,19,22H,2,12H2,1H3. The summed E-state index contributed by atoms with van der Waals surface area (Å²) in [7, 11) is 0. The van der Waals surface area contributed by atoms with Gasteiger partial charge in [-0.3, -0.25) is 4.79 Å². The summed E-state index contributed by atoms with van der Waals surface area (Å²) in [6.07, 6.45) is 6.21. The highest BCUT2D eigenvalue weighted by Gasteiger charge is 2.31. The van der Waals surface area contributed by atoms with Gasteiger partial charge in [-0.2, -0.15) is 0 Å². The maximum absolute atomic E-state index is 12.9. The van der Waals surface area contributed by atoms with Gasteiger partial charge in [0.1, 0.15) is 6.17 Å². The third-order valence-electron chi connectivity index (χ3n) is 4.50. The lowest BCUT2D eigenvalue weighted by Crippen LogP contribution is -2.43. The number of rotatable bonds is 4. The molecule has 2 aromatic carbocycles. The lowest BCUT2D eigenvalue weighted by atomic mass is 10.0. The molecule has 1 amide bonds. The van der Waals surface area contributed by atoms with Crippen LogP contribution in [0.2, 0.25) is 0 Å². The van der Waals surface area contributed by atoms with Gasteiger partial charge in [-0.25, -0.2) is 4.98 Å². The highest BCUT2D eigenvalue weighted by molar-refractivity contribution is 6.01. The molecule has 126 valence electrons. The Labute approximate surface area is 146 Å². The van der Waals surface area contributed by atoms with E-state index in [4.69, 9.17) is 0 Å². The molecule has 1 aliphatic heterocycles. The van der Waals surface area contributed by atoms with Crippen LogP contribution in [0.3, 0.4) is 0 Å². The number of hydrogen-bond donors (Lipinski definition) is 1. The molecule has 1 aliphatic rings. The zero-order valence-corrected chi connectivity index (χ0v) is 14.1. The van der Waals surface area contributed by atoms with Gasteiger partial charge in [0.05, 0.1) is 11.9 Å². The number of para-hydroxylation sites is 1. The normalized spacial score (nSPS) is 16.4. The summed E-state index contributed by atoms with van der Waals surface area (Å²) in [5.74, 6) is 0.0832. The van der Waals surface area contributed by atoms with E-state index in [1.165, 1.54) is 0 Å². The van der Waals surface area contributed by atoms with E-state index in [1.54, 1.807) is 12.5 Å². The van der Waals surface area contributed by atoms with Crippen LogP contribution >= 0.6 is 0 Å².